The minimum absolute atomic E-state index is 0.463. The largest absolute Gasteiger partial charge is 0.134 e. The van der Waals surface area contributed by atoms with Crippen molar-refractivity contribution in [3.8, 4) is 0 Å². The first-order valence-corrected chi connectivity index (χ1v) is 4.31. The predicted molar refractivity (Wildman–Crippen MR) is 47.8 cm³/mol. The maximum Gasteiger partial charge on any atom is -0.0239 e. The van der Waals surface area contributed by atoms with Crippen LogP contribution in [0, 0.1) is 11.3 Å². The van der Waals surface area contributed by atoms with Crippen molar-refractivity contribution in [3.63, 3.8) is 0 Å². The molecule has 0 bridgehead atoms. The summed E-state index contributed by atoms with van der Waals surface area (Å²) in [5.41, 5.74) is 1.17. The molecule has 0 saturated carbocycles. The highest BCUT2D eigenvalue weighted by atomic mass is 31.0. The third kappa shape index (κ3) is 2.26. The Morgan fingerprint density at radius 1 is 1.11 bits per heavy atom. The topological polar surface area (TPSA) is 0 Å². The van der Waals surface area contributed by atoms with E-state index in [1.807, 2.05) is 0 Å². The average molecular weight is 146 g/mol. The molecule has 56 valence electrons. The van der Waals surface area contributed by atoms with Gasteiger partial charge in [0.15, 0.2) is 0 Å². The predicted octanol–water partition coefficient (Wildman–Crippen LogP) is 2.93. The summed E-state index contributed by atoms with van der Waals surface area (Å²) in [5, 5.41) is 0. The van der Waals surface area contributed by atoms with Crippen molar-refractivity contribution in [2.75, 3.05) is 0 Å². The van der Waals surface area contributed by atoms with Crippen LogP contribution in [0.1, 0.15) is 34.6 Å². The van der Waals surface area contributed by atoms with Crippen molar-refractivity contribution in [2.24, 2.45) is 11.3 Å². The molecule has 0 aromatic rings. The first-order chi connectivity index (χ1) is 3.89. The molecule has 0 heterocycles. The van der Waals surface area contributed by atoms with Crippen LogP contribution in [0.2, 0.25) is 0 Å². The molecule has 0 aliphatic rings. The Balaban J connectivity index is 4.01. The summed E-state index contributed by atoms with van der Waals surface area (Å²) in [7, 11) is 2.87. The number of hydrogen-bond donors (Lipinski definition) is 0. The summed E-state index contributed by atoms with van der Waals surface area (Å²) in [5.74, 6) is 0.769. The van der Waals surface area contributed by atoms with Crippen LogP contribution in [0.25, 0.3) is 0 Å². The van der Waals surface area contributed by atoms with E-state index in [-0.39, 0.29) is 0 Å². The van der Waals surface area contributed by atoms with Crippen LogP contribution >= 0.6 is 9.24 Å². The molecule has 0 fully saturated rings. The van der Waals surface area contributed by atoms with Gasteiger partial charge in [-0.05, 0) is 17.0 Å². The highest BCUT2D eigenvalue weighted by Crippen LogP contribution is 2.34. The van der Waals surface area contributed by atoms with E-state index in [2.05, 4.69) is 43.9 Å². The lowest BCUT2D eigenvalue weighted by molar-refractivity contribution is 0.249. The van der Waals surface area contributed by atoms with Gasteiger partial charge in [0.1, 0.15) is 0 Å². The molecule has 1 heteroatoms. The van der Waals surface area contributed by atoms with Gasteiger partial charge in [0.05, 0.1) is 0 Å². The molecule has 0 aromatic carbocycles. The van der Waals surface area contributed by atoms with Gasteiger partial charge in [-0.2, -0.15) is 0 Å². The summed E-state index contributed by atoms with van der Waals surface area (Å²) in [6.45, 7) is 11.4. The molecule has 0 aromatic heterocycles. The van der Waals surface area contributed by atoms with E-state index in [4.69, 9.17) is 0 Å². The van der Waals surface area contributed by atoms with Crippen LogP contribution in [-0.2, 0) is 0 Å². The van der Waals surface area contributed by atoms with Crippen molar-refractivity contribution in [2.45, 2.75) is 40.3 Å². The van der Waals surface area contributed by atoms with Crippen molar-refractivity contribution < 1.29 is 0 Å². The molecule has 2 atom stereocenters. The zero-order valence-electron chi connectivity index (χ0n) is 7.23. The monoisotopic (exact) mass is 146 g/mol. The van der Waals surface area contributed by atoms with E-state index in [9.17, 15) is 0 Å². The van der Waals surface area contributed by atoms with E-state index in [0.717, 1.165) is 5.92 Å². The molecule has 0 radical (unpaired) electrons. The van der Waals surface area contributed by atoms with Gasteiger partial charge in [0.25, 0.3) is 0 Å². The second-order valence-electron chi connectivity index (χ2n) is 3.76. The summed E-state index contributed by atoms with van der Waals surface area (Å²) in [6, 6.07) is 0. The molecule has 0 nitrogen and oxygen atoms in total. The maximum atomic E-state index is 2.87. The quantitative estimate of drug-likeness (QED) is 0.525. The van der Waals surface area contributed by atoms with Crippen molar-refractivity contribution in [1.82, 2.24) is 0 Å². The summed E-state index contributed by atoms with van der Waals surface area (Å²) in [4.78, 5) is 0. The first kappa shape index (κ1) is 9.43. The summed E-state index contributed by atoms with van der Waals surface area (Å²) in [6.07, 6.45) is 0. The zero-order chi connectivity index (χ0) is 7.65. The molecule has 2 unspecified atom stereocenters. The SMILES string of the molecule is CC(C)C(C)(C)C(C)P. The second kappa shape index (κ2) is 3.01. The van der Waals surface area contributed by atoms with Gasteiger partial charge in [-0.1, -0.05) is 34.6 Å². The number of hydrogen-bond acceptors (Lipinski definition) is 0. The first-order valence-electron chi connectivity index (χ1n) is 3.64. The summed E-state index contributed by atoms with van der Waals surface area (Å²) >= 11 is 0. The lowest BCUT2D eigenvalue weighted by Gasteiger charge is -2.33. The van der Waals surface area contributed by atoms with Crippen LogP contribution in [0.5, 0.6) is 0 Å². The molecule has 0 amide bonds. The van der Waals surface area contributed by atoms with E-state index in [1.165, 1.54) is 0 Å². The van der Waals surface area contributed by atoms with Crippen molar-refractivity contribution in [1.29, 1.82) is 0 Å². The minimum Gasteiger partial charge on any atom is -0.134 e. The fourth-order valence-corrected chi connectivity index (χ4v) is 0.911. The van der Waals surface area contributed by atoms with E-state index in [0.29, 0.717) is 11.1 Å². The Labute approximate surface area is 61.6 Å². The Bertz CT molecular complexity index is 72.6. The number of rotatable bonds is 2. The Morgan fingerprint density at radius 3 is 1.44 bits per heavy atom. The summed E-state index contributed by atoms with van der Waals surface area (Å²) < 4.78 is 0. The highest BCUT2D eigenvalue weighted by Gasteiger charge is 2.25. The van der Waals surface area contributed by atoms with Gasteiger partial charge in [-0.3, -0.25) is 0 Å². The normalized spacial score (nSPS) is 16.3. The second-order valence-corrected chi connectivity index (χ2v) is 4.76. The minimum atomic E-state index is 0.463. The molecule has 0 spiro atoms. The third-order valence-corrected chi connectivity index (χ3v) is 3.52. The third-order valence-electron chi connectivity index (χ3n) is 2.66. The Morgan fingerprint density at radius 2 is 1.44 bits per heavy atom. The molecular formula is C8H19P. The van der Waals surface area contributed by atoms with Crippen LogP contribution < -0.4 is 0 Å². The molecule has 0 saturated heterocycles. The van der Waals surface area contributed by atoms with Gasteiger partial charge in [-0.25, -0.2) is 0 Å². The van der Waals surface area contributed by atoms with Gasteiger partial charge >= 0.3 is 0 Å². The molecule has 0 aliphatic heterocycles. The Hall–Kier alpha value is 0.430. The maximum absolute atomic E-state index is 2.87. The zero-order valence-corrected chi connectivity index (χ0v) is 8.39. The van der Waals surface area contributed by atoms with E-state index >= 15 is 0 Å². The van der Waals surface area contributed by atoms with Gasteiger partial charge in [-0.15, -0.1) is 9.24 Å². The van der Waals surface area contributed by atoms with Crippen LogP contribution in [0.4, 0.5) is 0 Å². The molecule has 9 heavy (non-hydrogen) atoms. The fourth-order valence-electron chi connectivity index (χ4n) is 0.526. The van der Waals surface area contributed by atoms with Crippen molar-refractivity contribution in [3.05, 3.63) is 0 Å². The smallest absolute Gasteiger partial charge is 0.0239 e. The molecule has 0 rings (SSSR count). The van der Waals surface area contributed by atoms with Crippen LogP contribution in [0.3, 0.4) is 0 Å². The van der Waals surface area contributed by atoms with Gasteiger partial charge in [0, 0.05) is 0 Å². The standard InChI is InChI=1S/C8H19P/c1-6(2)8(4,5)7(3)9/h6-7H,9H2,1-5H3. The van der Waals surface area contributed by atoms with E-state index < -0.39 is 0 Å². The van der Waals surface area contributed by atoms with Crippen molar-refractivity contribution >= 4 is 9.24 Å². The van der Waals surface area contributed by atoms with Crippen LogP contribution in [0.15, 0.2) is 0 Å². The van der Waals surface area contributed by atoms with Crippen LogP contribution in [-0.4, -0.2) is 5.66 Å². The van der Waals surface area contributed by atoms with Gasteiger partial charge in [0.2, 0.25) is 0 Å². The van der Waals surface area contributed by atoms with E-state index in [1.54, 1.807) is 0 Å². The molecular weight excluding hydrogens is 127 g/mol. The molecule has 0 aliphatic carbocycles. The lowest BCUT2D eigenvalue weighted by Crippen LogP contribution is -2.27. The molecule has 0 N–H and O–H groups in total. The lowest BCUT2D eigenvalue weighted by atomic mass is 9.78. The van der Waals surface area contributed by atoms with Gasteiger partial charge < -0.3 is 0 Å². The average Bonchev–Trinajstić information content (AvgIpc) is 1.65. The Kier molecular flexibility index (Phi) is 3.16. The highest BCUT2D eigenvalue weighted by molar-refractivity contribution is 7.17. The fraction of sp³-hybridized carbons (Fsp3) is 1.00.